The van der Waals surface area contributed by atoms with Crippen molar-refractivity contribution in [3.63, 3.8) is 0 Å². The highest BCUT2D eigenvalue weighted by Crippen LogP contribution is 2.17. The largest absolute Gasteiger partial charge is 0.481 e. The van der Waals surface area contributed by atoms with Gasteiger partial charge in [0.25, 0.3) is 0 Å². The molecule has 0 saturated carbocycles. The minimum atomic E-state index is -1.19. The van der Waals surface area contributed by atoms with Crippen molar-refractivity contribution in [3.05, 3.63) is 78.4 Å². The third-order valence-electron chi connectivity index (χ3n) is 4.02. The number of carbonyl (C=O) groups is 3. The molecule has 1 N–H and O–H groups in total. The van der Waals surface area contributed by atoms with E-state index < -0.39 is 23.5 Å². The third-order valence-corrected chi connectivity index (χ3v) is 4.02. The van der Waals surface area contributed by atoms with Crippen LogP contribution in [0.25, 0.3) is 12.2 Å². The molecule has 0 saturated heterocycles. The van der Waals surface area contributed by atoms with Crippen molar-refractivity contribution in [2.24, 2.45) is 5.92 Å². The lowest BCUT2D eigenvalue weighted by Crippen LogP contribution is -2.33. The molecular weight excluding hydrogens is 408 g/mol. The van der Waals surface area contributed by atoms with Crippen molar-refractivity contribution >= 4 is 30.1 Å². The Balaban J connectivity index is 0.000000363. The van der Waals surface area contributed by atoms with Gasteiger partial charge in [-0.25, -0.2) is 0 Å². The number of hydrogen-bond acceptors (Lipinski definition) is 5. The first-order chi connectivity index (χ1) is 14.9. The predicted octanol–water partition coefficient (Wildman–Crippen LogP) is 5.17. The highest BCUT2D eigenvalue weighted by Gasteiger charge is 2.31. The number of carboxylic acid groups (broad SMARTS) is 1. The Labute approximate surface area is 189 Å². The molecule has 0 aromatic heterocycles. The molecule has 6 nitrogen and oxygen atoms in total. The first kappa shape index (κ1) is 26.4. The van der Waals surface area contributed by atoms with Gasteiger partial charge < -0.3 is 14.6 Å². The standard InChI is InChI=1S/C16H20O4.C10H10O2/c1-5-11-6-8-12(9-7-11)10-13(14(17)18)15(19)20-16(2,3)4;1-3-9-4-6-10(7-5-9)12-8(2)11/h5-9,13H,1,10H2,2-4H3,(H,17,18);3-7H,1H2,2H3. The monoisotopic (exact) mass is 438 g/mol. The second-order valence-corrected chi connectivity index (χ2v) is 7.94. The fraction of sp³-hybridized carbons (Fsp3) is 0.269. The molecule has 0 amide bonds. The Morgan fingerprint density at radius 2 is 1.41 bits per heavy atom. The van der Waals surface area contributed by atoms with Crippen molar-refractivity contribution in [1.29, 1.82) is 0 Å². The maximum absolute atomic E-state index is 11.9. The molecule has 1 unspecified atom stereocenters. The van der Waals surface area contributed by atoms with Gasteiger partial charge in [-0.3, -0.25) is 14.4 Å². The lowest BCUT2D eigenvalue weighted by atomic mass is 9.98. The molecule has 0 bridgehead atoms. The molecule has 0 heterocycles. The van der Waals surface area contributed by atoms with Gasteiger partial charge in [0.15, 0.2) is 5.92 Å². The quantitative estimate of drug-likeness (QED) is 0.364. The van der Waals surface area contributed by atoms with E-state index in [-0.39, 0.29) is 12.4 Å². The highest BCUT2D eigenvalue weighted by molar-refractivity contribution is 5.94. The van der Waals surface area contributed by atoms with E-state index in [1.165, 1.54) is 6.92 Å². The van der Waals surface area contributed by atoms with Crippen LogP contribution in [0, 0.1) is 5.92 Å². The molecule has 0 radical (unpaired) electrons. The number of rotatable bonds is 7. The molecular formula is C26H30O6. The predicted molar refractivity (Wildman–Crippen MR) is 125 cm³/mol. The minimum absolute atomic E-state index is 0.113. The molecule has 2 aromatic rings. The van der Waals surface area contributed by atoms with E-state index in [0.717, 1.165) is 16.7 Å². The van der Waals surface area contributed by atoms with Crippen LogP contribution in [0.4, 0.5) is 0 Å². The number of esters is 2. The van der Waals surface area contributed by atoms with Crippen LogP contribution in [0.2, 0.25) is 0 Å². The second-order valence-electron chi connectivity index (χ2n) is 7.94. The molecule has 6 heteroatoms. The molecule has 0 aliphatic carbocycles. The van der Waals surface area contributed by atoms with E-state index in [0.29, 0.717) is 5.75 Å². The van der Waals surface area contributed by atoms with Gasteiger partial charge in [0.05, 0.1) is 0 Å². The number of ether oxygens (including phenoxy) is 2. The fourth-order valence-corrected chi connectivity index (χ4v) is 2.51. The zero-order chi connectivity index (χ0) is 24.3. The molecule has 0 aliphatic rings. The van der Waals surface area contributed by atoms with Crippen molar-refractivity contribution in [2.75, 3.05) is 0 Å². The van der Waals surface area contributed by atoms with Gasteiger partial charge in [-0.2, -0.15) is 0 Å². The van der Waals surface area contributed by atoms with Gasteiger partial charge >= 0.3 is 17.9 Å². The summed E-state index contributed by atoms with van der Waals surface area (Å²) in [5, 5.41) is 9.19. The Morgan fingerprint density at radius 1 is 0.938 bits per heavy atom. The topological polar surface area (TPSA) is 89.9 Å². The molecule has 32 heavy (non-hydrogen) atoms. The first-order valence-electron chi connectivity index (χ1n) is 10.0. The molecule has 170 valence electrons. The average molecular weight is 439 g/mol. The zero-order valence-corrected chi connectivity index (χ0v) is 19.0. The number of hydrogen-bond donors (Lipinski definition) is 1. The van der Waals surface area contributed by atoms with Crippen LogP contribution >= 0.6 is 0 Å². The van der Waals surface area contributed by atoms with Gasteiger partial charge in [-0.15, -0.1) is 0 Å². The van der Waals surface area contributed by atoms with E-state index in [1.807, 2.05) is 24.3 Å². The van der Waals surface area contributed by atoms with Crippen LogP contribution in [0.15, 0.2) is 61.7 Å². The maximum Gasteiger partial charge on any atom is 0.321 e. The van der Waals surface area contributed by atoms with Gasteiger partial charge in [-0.05, 0) is 56.0 Å². The number of benzene rings is 2. The molecule has 0 spiro atoms. The Kier molecular flexibility index (Phi) is 10.1. The van der Waals surface area contributed by atoms with Crippen molar-refractivity contribution in [1.82, 2.24) is 0 Å². The molecule has 1 atom stereocenters. The Hall–Kier alpha value is -3.67. The molecule has 2 rings (SSSR count). The summed E-state index contributed by atoms with van der Waals surface area (Å²) in [6, 6.07) is 14.4. The first-order valence-corrected chi connectivity index (χ1v) is 10.0. The van der Waals surface area contributed by atoms with Gasteiger partial charge in [0.2, 0.25) is 0 Å². The van der Waals surface area contributed by atoms with E-state index in [2.05, 4.69) is 13.2 Å². The van der Waals surface area contributed by atoms with E-state index >= 15 is 0 Å². The summed E-state index contributed by atoms with van der Waals surface area (Å²) in [6.07, 6.45) is 3.55. The summed E-state index contributed by atoms with van der Waals surface area (Å²) < 4.78 is 9.98. The van der Waals surface area contributed by atoms with E-state index in [9.17, 15) is 19.5 Å². The third kappa shape index (κ3) is 9.89. The van der Waals surface area contributed by atoms with Gasteiger partial charge in [-0.1, -0.05) is 61.7 Å². The number of carboxylic acids is 1. The summed E-state index contributed by atoms with van der Waals surface area (Å²) in [7, 11) is 0. The Bertz CT molecular complexity index is 934. The summed E-state index contributed by atoms with van der Waals surface area (Å²) in [4.78, 5) is 33.7. The lowest BCUT2D eigenvalue weighted by molar-refractivity contribution is -0.166. The second kappa shape index (κ2) is 12.2. The molecule has 0 fully saturated rings. The van der Waals surface area contributed by atoms with Crippen molar-refractivity contribution in [2.45, 2.75) is 39.7 Å². The average Bonchev–Trinajstić information content (AvgIpc) is 2.71. The van der Waals surface area contributed by atoms with Crippen LogP contribution in [0.5, 0.6) is 5.75 Å². The highest BCUT2D eigenvalue weighted by atomic mass is 16.6. The summed E-state index contributed by atoms with van der Waals surface area (Å²) in [5.74, 6) is -2.82. The Morgan fingerprint density at radius 3 is 1.78 bits per heavy atom. The van der Waals surface area contributed by atoms with E-state index in [1.54, 1.807) is 57.2 Å². The van der Waals surface area contributed by atoms with E-state index in [4.69, 9.17) is 9.47 Å². The van der Waals surface area contributed by atoms with Crippen LogP contribution in [0.1, 0.15) is 44.4 Å². The minimum Gasteiger partial charge on any atom is -0.481 e. The molecule has 2 aromatic carbocycles. The lowest BCUT2D eigenvalue weighted by Gasteiger charge is -2.22. The van der Waals surface area contributed by atoms with Crippen LogP contribution in [-0.4, -0.2) is 28.6 Å². The van der Waals surface area contributed by atoms with Crippen molar-refractivity contribution in [3.8, 4) is 5.75 Å². The number of carbonyl (C=O) groups excluding carboxylic acids is 2. The van der Waals surface area contributed by atoms with Crippen LogP contribution < -0.4 is 4.74 Å². The normalized spacial score (nSPS) is 11.2. The maximum atomic E-state index is 11.9. The summed E-state index contributed by atoms with van der Waals surface area (Å²) in [5.41, 5.74) is 2.02. The smallest absolute Gasteiger partial charge is 0.321 e. The van der Waals surface area contributed by atoms with Crippen molar-refractivity contribution < 1.29 is 29.0 Å². The summed E-state index contributed by atoms with van der Waals surface area (Å²) >= 11 is 0. The van der Waals surface area contributed by atoms with Crippen LogP contribution in [-0.2, 0) is 25.5 Å². The van der Waals surface area contributed by atoms with Crippen LogP contribution in [0.3, 0.4) is 0 Å². The number of aliphatic carboxylic acids is 1. The summed E-state index contributed by atoms with van der Waals surface area (Å²) in [6.45, 7) is 13.8. The SMILES string of the molecule is C=Cc1ccc(CC(C(=O)O)C(=O)OC(C)(C)C)cc1.C=Cc1ccc(OC(C)=O)cc1. The van der Waals surface area contributed by atoms with Gasteiger partial charge in [0.1, 0.15) is 11.4 Å². The fourth-order valence-electron chi connectivity index (χ4n) is 2.51. The van der Waals surface area contributed by atoms with Gasteiger partial charge in [0, 0.05) is 6.92 Å². The molecule has 0 aliphatic heterocycles. The zero-order valence-electron chi connectivity index (χ0n) is 19.0.